The predicted molar refractivity (Wildman–Crippen MR) is 94.0 cm³/mol. The van der Waals surface area contributed by atoms with Crippen molar-refractivity contribution in [2.24, 2.45) is 0 Å². The van der Waals surface area contributed by atoms with Gasteiger partial charge in [0.15, 0.2) is 0 Å². The van der Waals surface area contributed by atoms with Crippen molar-refractivity contribution in [1.29, 1.82) is 0 Å². The van der Waals surface area contributed by atoms with E-state index in [2.05, 4.69) is 5.32 Å². The number of anilines is 2. The van der Waals surface area contributed by atoms with Gasteiger partial charge in [0.25, 0.3) is 0 Å². The maximum Gasteiger partial charge on any atom is 0.316 e. The van der Waals surface area contributed by atoms with Gasteiger partial charge in [0.05, 0.1) is 0 Å². The molecule has 0 unspecified atom stereocenters. The number of halogens is 1. The lowest BCUT2D eigenvalue weighted by Crippen LogP contribution is -2.39. The Morgan fingerprint density at radius 3 is 2.52 bits per heavy atom. The molecule has 0 atom stereocenters. The van der Waals surface area contributed by atoms with Crippen molar-refractivity contribution < 1.29 is 9.59 Å². The third kappa shape index (κ3) is 4.11. The van der Waals surface area contributed by atoms with Crippen LogP contribution in [0.15, 0.2) is 42.5 Å². The summed E-state index contributed by atoms with van der Waals surface area (Å²) in [7, 11) is 0. The topological polar surface area (TPSA) is 49.4 Å². The minimum absolute atomic E-state index is 0.407. The summed E-state index contributed by atoms with van der Waals surface area (Å²) >= 11 is 5.94. The van der Waals surface area contributed by atoms with Crippen LogP contribution in [0.4, 0.5) is 11.4 Å². The van der Waals surface area contributed by atoms with E-state index in [1.165, 1.54) is 4.90 Å². The number of nitrogens with zero attached hydrogens (tertiary/aromatic N) is 1. The standard InChI is InChI=1S/C18H19ClN2O2/c1-4-21(15-7-5-6-12(2)10-15)18(23)17(22)20-16-11-14(19)9-8-13(16)3/h5-11H,4H2,1-3H3,(H,20,22). The van der Waals surface area contributed by atoms with Crippen molar-refractivity contribution in [2.45, 2.75) is 20.8 Å². The Kier molecular flexibility index (Phi) is 5.40. The summed E-state index contributed by atoms with van der Waals surface area (Å²) in [5.74, 6) is -1.28. The highest BCUT2D eigenvalue weighted by Gasteiger charge is 2.22. The molecule has 2 aromatic rings. The minimum atomic E-state index is -0.682. The Labute approximate surface area is 141 Å². The molecule has 2 amide bonds. The van der Waals surface area contributed by atoms with Crippen LogP contribution < -0.4 is 10.2 Å². The Balaban J connectivity index is 2.20. The van der Waals surface area contributed by atoms with Gasteiger partial charge < -0.3 is 10.2 Å². The number of carbonyl (C=O) groups excluding carboxylic acids is 2. The molecule has 0 aliphatic heterocycles. The van der Waals surface area contributed by atoms with Gasteiger partial charge >= 0.3 is 11.8 Å². The fourth-order valence-corrected chi connectivity index (χ4v) is 2.44. The molecule has 23 heavy (non-hydrogen) atoms. The van der Waals surface area contributed by atoms with E-state index in [0.29, 0.717) is 22.9 Å². The van der Waals surface area contributed by atoms with Gasteiger partial charge in [0, 0.05) is 22.9 Å². The van der Waals surface area contributed by atoms with E-state index in [4.69, 9.17) is 11.6 Å². The summed E-state index contributed by atoms with van der Waals surface area (Å²) in [6, 6.07) is 12.6. The summed E-state index contributed by atoms with van der Waals surface area (Å²) < 4.78 is 0. The zero-order chi connectivity index (χ0) is 17.0. The van der Waals surface area contributed by atoms with Crippen molar-refractivity contribution in [1.82, 2.24) is 0 Å². The molecule has 0 saturated carbocycles. The van der Waals surface area contributed by atoms with Crippen LogP contribution in [-0.4, -0.2) is 18.4 Å². The lowest BCUT2D eigenvalue weighted by molar-refractivity contribution is -0.134. The first-order valence-electron chi connectivity index (χ1n) is 7.38. The molecule has 0 radical (unpaired) electrons. The Bertz CT molecular complexity index is 744. The number of likely N-dealkylation sites (N-methyl/N-ethyl adjacent to an activating group) is 1. The largest absolute Gasteiger partial charge is 0.317 e. The number of hydrogen-bond donors (Lipinski definition) is 1. The predicted octanol–water partition coefficient (Wildman–Crippen LogP) is 3.95. The van der Waals surface area contributed by atoms with Gasteiger partial charge in [-0.1, -0.05) is 29.8 Å². The first kappa shape index (κ1) is 17.0. The van der Waals surface area contributed by atoms with Crippen LogP contribution in [0.2, 0.25) is 5.02 Å². The van der Waals surface area contributed by atoms with Gasteiger partial charge in [-0.3, -0.25) is 9.59 Å². The van der Waals surface area contributed by atoms with Gasteiger partial charge in [-0.25, -0.2) is 0 Å². The second-order valence-electron chi connectivity index (χ2n) is 5.30. The highest BCUT2D eigenvalue weighted by Crippen LogP contribution is 2.21. The molecule has 0 aliphatic rings. The molecule has 0 aliphatic carbocycles. The van der Waals surface area contributed by atoms with E-state index >= 15 is 0 Å². The first-order valence-corrected chi connectivity index (χ1v) is 7.76. The van der Waals surface area contributed by atoms with Crippen molar-refractivity contribution in [3.8, 4) is 0 Å². The minimum Gasteiger partial charge on any atom is -0.317 e. The lowest BCUT2D eigenvalue weighted by Gasteiger charge is -2.21. The highest BCUT2D eigenvalue weighted by molar-refractivity contribution is 6.44. The molecule has 0 heterocycles. The van der Waals surface area contributed by atoms with Crippen LogP contribution in [0.5, 0.6) is 0 Å². The van der Waals surface area contributed by atoms with Crippen molar-refractivity contribution in [3.05, 3.63) is 58.6 Å². The maximum atomic E-state index is 12.5. The molecule has 5 heteroatoms. The Morgan fingerprint density at radius 1 is 1.13 bits per heavy atom. The van der Waals surface area contributed by atoms with Crippen LogP contribution in [0.1, 0.15) is 18.1 Å². The number of amides is 2. The van der Waals surface area contributed by atoms with Crippen LogP contribution in [0.25, 0.3) is 0 Å². The summed E-state index contributed by atoms with van der Waals surface area (Å²) in [5, 5.41) is 3.14. The molecule has 1 N–H and O–H groups in total. The Morgan fingerprint density at radius 2 is 1.87 bits per heavy atom. The number of benzene rings is 2. The zero-order valence-electron chi connectivity index (χ0n) is 13.4. The SMILES string of the molecule is CCN(C(=O)C(=O)Nc1cc(Cl)ccc1C)c1cccc(C)c1. The summed E-state index contributed by atoms with van der Waals surface area (Å²) in [6.07, 6.45) is 0. The molecular formula is C18H19ClN2O2. The van der Waals surface area contributed by atoms with Crippen LogP contribution in [0, 0.1) is 13.8 Å². The van der Waals surface area contributed by atoms with Gasteiger partial charge in [0.2, 0.25) is 0 Å². The van der Waals surface area contributed by atoms with E-state index < -0.39 is 11.8 Å². The number of rotatable bonds is 3. The fourth-order valence-electron chi connectivity index (χ4n) is 2.27. The quantitative estimate of drug-likeness (QED) is 0.866. The third-order valence-corrected chi connectivity index (χ3v) is 3.75. The normalized spacial score (nSPS) is 10.3. The number of hydrogen-bond acceptors (Lipinski definition) is 2. The van der Waals surface area contributed by atoms with E-state index in [0.717, 1.165) is 11.1 Å². The van der Waals surface area contributed by atoms with Crippen LogP contribution in [-0.2, 0) is 9.59 Å². The number of aryl methyl sites for hydroxylation is 2. The van der Waals surface area contributed by atoms with Crippen LogP contribution >= 0.6 is 11.6 Å². The van der Waals surface area contributed by atoms with Crippen molar-refractivity contribution in [2.75, 3.05) is 16.8 Å². The molecule has 0 aromatic heterocycles. The van der Waals surface area contributed by atoms with Gasteiger partial charge in [-0.05, 0) is 56.2 Å². The van der Waals surface area contributed by atoms with Gasteiger partial charge in [-0.2, -0.15) is 0 Å². The lowest BCUT2D eigenvalue weighted by atomic mass is 10.2. The van der Waals surface area contributed by atoms with E-state index in [1.807, 2.05) is 45.0 Å². The summed E-state index contributed by atoms with van der Waals surface area (Å²) in [4.78, 5) is 26.2. The molecule has 0 bridgehead atoms. The fraction of sp³-hybridized carbons (Fsp3) is 0.222. The van der Waals surface area contributed by atoms with Crippen molar-refractivity contribution in [3.63, 3.8) is 0 Å². The molecule has 120 valence electrons. The molecule has 0 spiro atoms. The molecule has 0 saturated heterocycles. The molecule has 4 nitrogen and oxygen atoms in total. The second kappa shape index (κ2) is 7.29. The molecule has 2 rings (SSSR count). The van der Waals surface area contributed by atoms with Gasteiger partial charge in [-0.15, -0.1) is 0 Å². The number of carbonyl (C=O) groups is 2. The molecular weight excluding hydrogens is 312 g/mol. The summed E-state index contributed by atoms with van der Waals surface area (Å²) in [5.41, 5.74) is 3.11. The third-order valence-electron chi connectivity index (χ3n) is 3.52. The molecule has 2 aromatic carbocycles. The monoisotopic (exact) mass is 330 g/mol. The van der Waals surface area contributed by atoms with Gasteiger partial charge in [0.1, 0.15) is 0 Å². The van der Waals surface area contributed by atoms with Crippen molar-refractivity contribution >= 4 is 34.8 Å². The van der Waals surface area contributed by atoms with Crippen LogP contribution in [0.3, 0.4) is 0 Å². The second-order valence-corrected chi connectivity index (χ2v) is 5.74. The summed E-state index contributed by atoms with van der Waals surface area (Å²) in [6.45, 7) is 6.02. The van der Waals surface area contributed by atoms with E-state index in [1.54, 1.807) is 18.2 Å². The first-order chi connectivity index (χ1) is 10.9. The average Bonchev–Trinajstić information content (AvgIpc) is 2.51. The number of nitrogens with one attached hydrogen (secondary N) is 1. The molecule has 0 fully saturated rings. The van der Waals surface area contributed by atoms with E-state index in [9.17, 15) is 9.59 Å². The smallest absolute Gasteiger partial charge is 0.316 e. The zero-order valence-corrected chi connectivity index (χ0v) is 14.1. The highest BCUT2D eigenvalue weighted by atomic mass is 35.5. The Hall–Kier alpha value is -2.33. The van der Waals surface area contributed by atoms with E-state index in [-0.39, 0.29) is 0 Å². The average molecular weight is 331 g/mol. The maximum absolute atomic E-state index is 12.5.